The Morgan fingerprint density at radius 3 is 2.75 bits per heavy atom. The van der Waals surface area contributed by atoms with Crippen LogP contribution in [-0.4, -0.2) is 9.97 Å². The number of alkyl halides is 2. The molecule has 0 aliphatic rings. The molecule has 0 spiro atoms. The van der Waals surface area contributed by atoms with Gasteiger partial charge in [-0.2, -0.15) is 0 Å². The average molecular weight is 273 g/mol. The third-order valence-corrected chi connectivity index (χ3v) is 3.28. The summed E-state index contributed by atoms with van der Waals surface area (Å²) < 4.78 is 25.5. The predicted octanol–water partition coefficient (Wildman–Crippen LogP) is 4.06. The van der Waals surface area contributed by atoms with Crippen molar-refractivity contribution in [1.29, 1.82) is 0 Å². The van der Waals surface area contributed by atoms with E-state index in [0.717, 1.165) is 16.6 Å². The van der Waals surface area contributed by atoms with Gasteiger partial charge in [0.05, 0.1) is 11.0 Å². The molecule has 2 aromatic carbocycles. The first-order chi connectivity index (χ1) is 9.54. The molecule has 0 aliphatic carbocycles. The number of aromatic nitrogens is 2. The molecule has 0 amide bonds. The molecule has 0 atom stereocenters. The summed E-state index contributed by atoms with van der Waals surface area (Å²) in [4.78, 5) is 7.54. The summed E-state index contributed by atoms with van der Waals surface area (Å²) in [5.74, 6) is 0.563. The Kier molecular flexibility index (Phi) is 2.89. The van der Waals surface area contributed by atoms with Crippen molar-refractivity contribution >= 4 is 16.7 Å². The molecule has 0 bridgehead atoms. The molecule has 0 saturated carbocycles. The molecule has 0 aliphatic heterocycles. The summed E-state index contributed by atoms with van der Waals surface area (Å²) in [6.45, 7) is 1.91. The van der Waals surface area contributed by atoms with Crippen LogP contribution in [0.1, 0.15) is 17.6 Å². The van der Waals surface area contributed by atoms with Crippen LogP contribution < -0.4 is 5.73 Å². The highest BCUT2D eigenvalue weighted by atomic mass is 19.3. The van der Waals surface area contributed by atoms with Gasteiger partial charge in [-0.05, 0) is 30.7 Å². The van der Waals surface area contributed by atoms with Crippen LogP contribution in [0.5, 0.6) is 0 Å². The van der Waals surface area contributed by atoms with Gasteiger partial charge < -0.3 is 10.7 Å². The number of rotatable bonds is 2. The van der Waals surface area contributed by atoms with Crippen LogP contribution >= 0.6 is 0 Å². The number of aromatic amines is 1. The van der Waals surface area contributed by atoms with Gasteiger partial charge in [-0.15, -0.1) is 0 Å². The lowest BCUT2D eigenvalue weighted by molar-refractivity contribution is 0.151. The number of nitrogen functional groups attached to an aromatic ring is 1. The van der Waals surface area contributed by atoms with E-state index in [1.54, 1.807) is 18.2 Å². The van der Waals surface area contributed by atoms with Crippen LogP contribution in [0.4, 0.5) is 14.5 Å². The van der Waals surface area contributed by atoms with Crippen LogP contribution in [0, 0.1) is 6.92 Å². The monoisotopic (exact) mass is 273 g/mol. The molecule has 3 rings (SSSR count). The van der Waals surface area contributed by atoms with E-state index in [-0.39, 0.29) is 5.56 Å². The largest absolute Gasteiger partial charge is 0.398 e. The molecule has 0 unspecified atom stereocenters. The van der Waals surface area contributed by atoms with E-state index in [9.17, 15) is 8.78 Å². The molecule has 1 aromatic heterocycles. The maximum atomic E-state index is 12.7. The van der Waals surface area contributed by atoms with Gasteiger partial charge in [-0.3, -0.25) is 0 Å². The molecule has 0 fully saturated rings. The van der Waals surface area contributed by atoms with Gasteiger partial charge in [0.25, 0.3) is 6.43 Å². The highest BCUT2D eigenvalue weighted by Gasteiger charge is 2.11. The second kappa shape index (κ2) is 4.59. The standard InChI is InChI=1S/C15H13F2N3/c1-8-5-12-13(7-11(8)18)20-15(19-12)10-4-2-3-9(6-10)14(16)17/h2-7,14H,18H2,1H3,(H,19,20). The molecule has 102 valence electrons. The zero-order valence-corrected chi connectivity index (χ0v) is 10.8. The average Bonchev–Trinajstić information content (AvgIpc) is 2.82. The van der Waals surface area contributed by atoms with Crippen molar-refractivity contribution in [2.45, 2.75) is 13.3 Å². The number of hydrogen-bond acceptors (Lipinski definition) is 2. The maximum Gasteiger partial charge on any atom is 0.263 e. The third-order valence-electron chi connectivity index (χ3n) is 3.28. The fourth-order valence-electron chi connectivity index (χ4n) is 2.14. The molecule has 3 aromatic rings. The molecule has 0 radical (unpaired) electrons. The minimum atomic E-state index is -2.49. The van der Waals surface area contributed by atoms with Crippen LogP contribution in [0.2, 0.25) is 0 Å². The summed E-state index contributed by atoms with van der Waals surface area (Å²) in [6.07, 6.45) is -2.49. The van der Waals surface area contributed by atoms with E-state index in [1.807, 2.05) is 13.0 Å². The predicted molar refractivity (Wildman–Crippen MR) is 75.6 cm³/mol. The Hall–Kier alpha value is -2.43. The highest BCUT2D eigenvalue weighted by Crippen LogP contribution is 2.27. The van der Waals surface area contributed by atoms with E-state index >= 15 is 0 Å². The normalized spacial score (nSPS) is 11.4. The third kappa shape index (κ3) is 2.11. The number of H-pyrrole nitrogens is 1. The van der Waals surface area contributed by atoms with E-state index in [2.05, 4.69) is 9.97 Å². The number of aryl methyl sites for hydroxylation is 1. The van der Waals surface area contributed by atoms with Gasteiger partial charge in [0.15, 0.2) is 0 Å². The van der Waals surface area contributed by atoms with E-state index in [1.165, 1.54) is 12.1 Å². The summed E-state index contributed by atoms with van der Waals surface area (Å²) in [5, 5.41) is 0. The lowest BCUT2D eigenvalue weighted by Crippen LogP contribution is -1.88. The van der Waals surface area contributed by atoms with Crippen molar-refractivity contribution in [3.8, 4) is 11.4 Å². The minimum absolute atomic E-state index is 0.0151. The molecule has 5 heteroatoms. The van der Waals surface area contributed by atoms with Gasteiger partial charge in [-0.1, -0.05) is 18.2 Å². The number of fused-ring (bicyclic) bond motifs is 1. The Morgan fingerprint density at radius 2 is 2.00 bits per heavy atom. The van der Waals surface area contributed by atoms with Crippen molar-refractivity contribution in [2.24, 2.45) is 0 Å². The Balaban J connectivity index is 2.12. The van der Waals surface area contributed by atoms with E-state index in [0.29, 0.717) is 17.1 Å². The number of halogens is 2. The first-order valence-corrected chi connectivity index (χ1v) is 6.19. The van der Waals surface area contributed by atoms with Crippen molar-refractivity contribution < 1.29 is 8.78 Å². The Bertz CT molecular complexity index is 739. The molecular formula is C15H13F2N3. The lowest BCUT2D eigenvalue weighted by atomic mass is 10.1. The smallest absolute Gasteiger partial charge is 0.263 e. The molecular weight excluding hydrogens is 260 g/mol. The van der Waals surface area contributed by atoms with Gasteiger partial charge in [-0.25, -0.2) is 13.8 Å². The van der Waals surface area contributed by atoms with Gasteiger partial charge in [0, 0.05) is 16.8 Å². The van der Waals surface area contributed by atoms with Crippen LogP contribution in [0.25, 0.3) is 22.4 Å². The van der Waals surface area contributed by atoms with Gasteiger partial charge in [0.2, 0.25) is 0 Å². The number of nitrogens with two attached hydrogens (primary N) is 1. The number of anilines is 1. The van der Waals surface area contributed by atoms with E-state index < -0.39 is 6.43 Å². The quantitative estimate of drug-likeness (QED) is 0.692. The number of imidazole rings is 1. The van der Waals surface area contributed by atoms with Crippen molar-refractivity contribution in [1.82, 2.24) is 9.97 Å². The molecule has 20 heavy (non-hydrogen) atoms. The fourth-order valence-corrected chi connectivity index (χ4v) is 2.14. The molecule has 1 heterocycles. The second-order valence-corrected chi connectivity index (χ2v) is 4.74. The van der Waals surface area contributed by atoms with E-state index in [4.69, 9.17) is 5.73 Å². The summed E-state index contributed by atoms with van der Waals surface area (Å²) in [5.41, 5.74) is 9.65. The number of nitrogens with zero attached hydrogens (tertiary/aromatic N) is 1. The van der Waals surface area contributed by atoms with Gasteiger partial charge in [0.1, 0.15) is 5.82 Å². The Labute approximate surface area is 114 Å². The van der Waals surface area contributed by atoms with Gasteiger partial charge >= 0.3 is 0 Å². The zero-order chi connectivity index (χ0) is 14.3. The zero-order valence-electron chi connectivity index (χ0n) is 10.8. The minimum Gasteiger partial charge on any atom is -0.398 e. The second-order valence-electron chi connectivity index (χ2n) is 4.74. The van der Waals surface area contributed by atoms with Crippen LogP contribution in [-0.2, 0) is 0 Å². The number of hydrogen-bond donors (Lipinski definition) is 2. The summed E-state index contributed by atoms with van der Waals surface area (Å²) in [6, 6.07) is 9.88. The van der Waals surface area contributed by atoms with Crippen molar-refractivity contribution in [2.75, 3.05) is 5.73 Å². The first kappa shape index (κ1) is 12.6. The summed E-state index contributed by atoms with van der Waals surface area (Å²) in [7, 11) is 0. The molecule has 3 N–H and O–H groups in total. The number of nitrogens with one attached hydrogen (secondary N) is 1. The number of benzene rings is 2. The van der Waals surface area contributed by atoms with Crippen molar-refractivity contribution in [3.63, 3.8) is 0 Å². The lowest BCUT2D eigenvalue weighted by Gasteiger charge is -2.01. The summed E-state index contributed by atoms with van der Waals surface area (Å²) >= 11 is 0. The fraction of sp³-hybridized carbons (Fsp3) is 0.133. The highest BCUT2D eigenvalue weighted by molar-refractivity contribution is 5.83. The van der Waals surface area contributed by atoms with Crippen molar-refractivity contribution in [3.05, 3.63) is 47.5 Å². The maximum absolute atomic E-state index is 12.7. The first-order valence-electron chi connectivity index (χ1n) is 6.19. The molecule has 0 saturated heterocycles. The Morgan fingerprint density at radius 1 is 1.20 bits per heavy atom. The van der Waals surface area contributed by atoms with Crippen LogP contribution in [0.3, 0.4) is 0 Å². The topological polar surface area (TPSA) is 54.7 Å². The van der Waals surface area contributed by atoms with Crippen LogP contribution in [0.15, 0.2) is 36.4 Å². The SMILES string of the molecule is Cc1cc2[nH]c(-c3cccc(C(F)F)c3)nc2cc1N. The molecule has 3 nitrogen and oxygen atoms in total.